The van der Waals surface area contributed by atoms with Gasteiger partial charge < -0.3 is 5.32 Å². The molecule has 1 fully saturated rings. The number of hydrogen-bond acceptors (Lipinski definition) is 2. The summed E-state index contributed by atoms with van der Waals surface area (Å²) >= 11 is 0. The summed E-state index contributed by atoms with van der Waals surface area (Å²) in [5.74, 6) is 1.43. The van der Waals surface area contributed by atoms with Gasteiger partial charge in [0.2, 0.25) is 0 Å². The minimum absolute atomic E-state index is 0.139. The van der Waals surface area contributed by atoms with E-state index in [1.165, 1.54) is 24.1 Å². The van der Waals surface area contributed by atoms with Crippen molar-refractivity contribution in [1.29, 1.82) is 0 Å². The SMILES string of the molecule is CCC1CNCCC1c1cn(C)nc1C(C)(C)C. The molecule has 1 N–H and O–H groups in total. The molecule has 0 saturated carbocycles. The molecule has 1 aromatic rings. The Morgan fingerprint density at radius 2 is 2.17 bits per heavy atom. The molecule has 3 heteroatoms. The fourth-order valence-electron chi connectivity index (χ4n) is 3.12. The lowest BCUT2D eigenvalue weighted by Gasteiger charge is -2.33. The van der Waals surface area contributed by atoms with E-state index in [0.717, 1.165) is 19.0 Å². The highest BCUT2D eigenvalue weighted by molar-refractivity contribution is 5.29. The van der Waals surface area contributed by atoms with Gasteiger partial charge in [0, 0.05) is 18.7 Å². The van der Waals surface area contributed by atoms with E-state index in [1.54, 1.807) is 0 Å². The second-order valence-electron chi connectivity index (χ2n) is 6.62. The quantitative estimate of drug-likeness (QED) is 0.873. The molecule has 0 amide bonds. The Bertz CT molecular complexity index is 400. The lowest BCUT2D eigenvalue weighted by atomic mass is 9.76. The van der Waals surface area contributed by atoms with Gasteiger partial charge in [-0.3, -0.25) is 4.68 Å². The number of nitrogens with one attached hydrogen (secondary N) is 1. The van der Waals surface area contributed by atoms with E-state index in [-0.39, 0.29) is 5.41 Å². The molecule has 102 valence electrons. The summed E-state index contributed by atoms with van der Waals surface area (Å²) in [5.41, 5.74) is 2.91. The third-order valence-corrected chi connectivity index (χ3v) is 4.10. The second-order valence-corrected chi connectivity index (χ2v) is 6.62. The summed E-state index contributed by atoms with van der Waals surface area (Å²) in [6.07, 6.45) is 4.74. The molecule has 1 aromatic heterocycles. The van der Waals surface area contributed by atoms with Gasteiger partial charge in [-0.2, -0.15) is 5.10 Å². The molecule has 2 atom stereocenters. The van der Waals surface area contributed by atoms with Crippen molar-refractivity contribution in [3.63, 3.8) is 0 Å². The molecular formula is C15H27N3. The Labute approximate surface area is 111 Å². The Balaban J connectivity index is 2.37. The number of hydrogen-bond donors (Lipinski definition) is 1. The van der Waals surface area contributed by atoms with E-state index in [4.69, 9.17) is 5.10 Å². The first-order valence-corrected chi connectivity index (χ1v) is 7.18. The van der Waals surface area contributed by atoms with Gasteiger partial charge in [0.15, 0.2) is 0 Å². The van der Waals surface area contributed by atoms with Crippen LogP contribution in [0.3, 0.4) is 0 Å². The maximum absolute atomic E-state index is 4.72. The van der Waals surface area contributed by atoms with Crippen LogP contribution in [0.5, 0.6) is 0 Å². The van der Waals surface area contributed by atoms with Gasteiger partial charge in [-0.25, -0.2) is 0 Å². The van der Waals surface area contributed by atoms with Crippen molar-refractivity contribution < 1.29 is 0 Å². The normalized spacial score (nSPS) is 25.4. The Hall–Kier alpha value is -0.830. The van der Waals surface area contributed by atoms with Crippen molar-refractivity contribution >= 4 is 0 Å². The van der Waals surface area contributed by atoms with Crippen LogP contribution in [0, 0.1) is 5.92 Å². The van der Waals surface area contributed by atoms with Crippen molar-refractivity contribution in [2.75, 3.05) is 13.1 Å². The van der Waals surface area contributed by atoms with Gasteiger partial charge >= 0.3 is 0 Å². The zero-order valence-electron chi connectivity index (χ0n) is 12.5. The molecule has 0 bridgehead atoms. The average Bonchev–Trinajstić information content (AvgIpc) is 2.71. The van der Waals surface area contributed by atoms with Gasteiger partial charge in [0.1, 0.15) is 0 Å². The van der Waals surface area contributed by atoms with E-state index in [2.05, 4.69) is 39.2 Å². The molecule has 0 aliphatic carbocycles. The van der Waals surface area contributed by atoms with Crippen molar-refractivity contribution in [2.45, 2.75) is 51.9 Å². The third kappa shape index (κ3) is 2.61. The maximum Gasteiger partial charge on any atom is 0.0712 e. The van der Waals surface area contributed by atoms with Crippen LogP contribution in [-0.2, 0) is 12.5 Å². The zero-order chi connectivity index (χ0) is 13.3. The molecule has 18 heavy (non-hydrogen) atoms. The molecule has 3 nitrogen and oxygen atoms in total. The van der Waals surface area contributed by atoms with Gasteiger partial charge in [0.05, 0.1) is 5.69 Å². The predicted molar refractivity (Wildman–Crippen MR) is 75.9 cm³/mol. The maximum atomic E-state index is 4.72. The van der Waals surface area contributed by atoms with Gasteiger partial charge in [-0.1, -0.05) is 34.1 Å². The Morgan fingerprint density at radius 3 is 2.78 bits per heavy atom. The average molecular weight is 249 g/mol. The standard InChI is InChI=1S/C15H27N3/c1-6-11-9-16-8-7-12(11)13-10-18(5)17-14(13)15(2,3)4/h10-12,16H,6-9H2,1-5H3. The number of aryl methyl sites for hydroxylation is 1. The van der Waals surface area contributed by atoms with Crippen LogP contribution in [0.15, 0.2) is 6.20 Å². The van der Waals surface area contributed by atoms with Crippen LogP contribution in [0.2, 0.25) is 0 Å². The van der Waals surface area contributed by atoms with Gasteiger partial charge in [-0.15, -0.1) is 0 Å². The van der Waals surface area contributed by atoms with Crippen LogP contribution in [0.25, 0.3) is 0 Å². The molecule has 0 radical (unpaired) electrons. The van der Waals surface area contributed by atoms with Crippen LogP contribution in [0.1, 0.15) is 57.7 Å². The van der Waals surface area contributed by atoms with Crippen LogP contribution in [-0.4, -0.2) is 22.9 Å². The van der Waals surface area contributed by atoms with E-state index in [1.807, 2.05) is 11.7 Å². The summed E-state index contributed by atoms with van der Waals surface area (Å²) in [5, 5.41) is 8.25. The predicted octanol–water partition coefficient (Wildman–Crippen LogP) is 2.82. The molecule has 2 heterocycles. The monoisotopic (exact) mass is 249 g/mol. The second kappa shape index (κ2) is 5.04. The van der Waals surface area contributed by atoms with E-state index >= 15 is 0 Å². The molecule has 1 saturated heterocycles. The van der Waals surface area contributed by atoms with Crippen LogP contribution >= 0.6 is 0 Å². The molecule has 2 rings (SSSR count). The first-order chi connectivity index (χ1) is 8.43. The first kappa shape index (κ1) is 13.6. The minimum atomic E-state index is 0.139. The van der Waals surface area contributed by atoms with Crippen molar-refractivity contribution in [3.8, 4) is 0 Å². The number of aromatic nitrogens is 2. The minimum Gasteiger partial charge on any atom is -0.316 e. The summed E-state index contributed by atoms with van der Waals surface area (Å²) in [6.45, 7) is 11.4. The molecule has 1 aliphatic heterocycles. The van der Waals surface area contributed by atoms with Gasteiger partial charge in [0.25, 0.3) is 0 Å². The highest BCUT2D eigenvalue weighted by Gasteiger charge is 2.31. The Kier molecular flexibility index (Phi) is 3.81. The Morgan fingerprint density at radius 1 is 1.44 bits per heavy atom. The molecule has 2 unspecified atom stereocenters. The van der Waals surface area contributed by atoms with Crippen LogP contribution in [0.4, 0.5) is 0 Å². The summed E-state index contributed by atoms with van der Waals surface area (Å²) in [7, 11) is 2.04. The molecular weight excluding hydrogens is 222 g/mol. The number of piperidine rings is 1. The smallest absolute Gasteiger partial charge is 0.0712 e. The summed E-state index contributed by atoms with van der Waals surface area (Å²) < 4.78 is 1.99. The zero-order valence-corrected chi connectivity index (χ0v) is 12.5. The third-order valence-electron chi connectivity index (χ3n) is 4.10. The van der Waals surface area contributed by atoms with Crippen molar-refractivity contribution in [3.05, 3.63) is 17.5 Å². The fraction of sp³-hybridized carbons (Fsp3) is 0.800. The highest BCUT2D eigenvalue weighted by Crippen LogP contribution is 2.37. The van der Waals surface area contributed by atoms with E-state index in [0.29, 0.717) is 5.92 Å². The summed E-state index contributed by atoms with van der Waals surface area (Å²) in [4.78, 5) is 0. The molecule has 0 aromatic carbocycles. The first-order valence-electron chi connectivity index (χ1n) is 7.18. The van der Waals surface area contributed by atoms with E-state index < -0.39 is 0 Å². The summed E-state index contributed by atoms with van der Waals surface area (Å²) in [6, 6.07) is 0. The lowest BCUT2D eigenvalue weighted by Crippen LogP contribution is -2.35. The topological polar surface area (TPSA) is 29.9 Å². The van der Waals surface area contributed by atoms with E-state index in [9.17, 15) is 0 Å². The highest BCUT2D eigenvalue weighted by atomic mass is 15.3. The number of nitrogens with zero attached hydrogens (tertiary/aromatic N) is 2. The fourth-order valence-corrected chi connectivity index (χ4v) is 3.12. The van der Waals surface area contributed by atoms with Gasteiger partial charge in [-0.05, 0) is 36.9 Å². The van der Waals surface area contributed by atoms with Crippen LogP contribution < -0.4 is 5.32 Å². The largest absolute Gasteiger partial charge is 0.316 e. The lowest BCUT2D eigenvalue weighted by molar-refractivity contribution is 0.314. The van der Waals surface area contributed by atoms with Crippen molar-refractivity contribution in [2.24, 2.45) is 13.0 Å². The van der Waals surface area contributed by atoms with Crippen molar-refractivity contribution in [1.82, 2.24) is 15.1 Å². The number of rotatable bonds is 2. The molecule has 0 spiro atoms. The molecule has 1 aliphatic rings.